The van der Waals surface area contributed by atoms with Gasteiger partial charge >= 0.3 is 11.9 Å². The fourth-order valence-corrected chi connectivity index (χ4v) is 6.40. The third-order valence-corrected chi connectivity index (χ3v) is 7.48. The number of aliphatic carboxylic acids is 2. The minimum absolute atomic E-state index is 0.394. The third kappa shape index (κ3) is 2.48. The van der Waals surface area contributed by atoms with Gasteiger partial charge in [-0.05, 0) is 81.0 Å². The topological polar surface area (TPSA) is 101 Å². The first kappa shape index (κ1) is 15.4. The Hall–Kier alpha value is -1.10. The van der Waals surface area contributed by atoms with E-state index in [2.05, 4.69) is 0 Å². The summed E-state index contributed by atoms with van der Waals surface area (Å²) in [6.45, 7) is 0. The maximum atomic E-state index is 11.7. The molecule has 5 saturated carbocycles. The molecule has 5 rings (SSSR count). The number of rotatable bonds is 6. The van der Waals surface area contributed by atoms with Gasteiger partial charge in [-0.25, -0.2) is 0 Å². The van der Waals surface area contributed by atoms with Crippen molar-refractivity contribution in [2.24, 2.45) is 47.2 Å². The van der Waals surface area contributed by atoms with Crippen LogP contribution in [0, 0.1) is 41.4 Å². The molecule has 5 fully saturated rings. The summed E-state index contributed by atoms with van der Waals surface area (Å²) in [4.78, 5) is 22.8. The molecule has 4 bridgehead atoms. The van der Waals surface area contributed by atoms with Crippen molar-refractivity contribution in [3.05, 3.63) is 0 Å². The monoisotopic (exact) mass is 321 g/mol. The van der Waals surface area contributed by atoms with Crippen LogP contribution in [0.25, 0.3) is 0 Å². The summed E-state index contributed by atoms with van der Waals surface area (Å²) in [6.07, 6.45) is 8.42. The van der Waals surface area contributed by atoms with Gasteiger partial charge in [0.15, 0.2) is 0 Å². The summed E-state index contributed by atoms with van der Waals surface area (Å²) in [7, 11) is 0. The Kier molecular flexibility index (Phi) is 3.49. The first-order valence-electron chi connectivity index (χ1n) is 9.13. The summed E-state index contributed by atoms with van der Waals surface area (Å²) in [5.41, 5.74) is 4.87. The largest absolute Gasteiger partial charge is 0.481 e. The van der Waals surface area contributed by atoms with Crippen molar-refractivity contribution in [1.82, 2.24) is 0 Å². The molecule has 5 heteroatoms. The maximum absolute atomic E-state index is 11.7. The number of hydrogen-bond donors (Lipinski definition) is 3. The third-order valence-electron chi connectivity index (χ3n) is 7.48. The lowest BCUT2D eigenvalue weighted by molar-refractivity contribution is -0.146. The summed E-state index contributed by atoms with van der Waals surface area (Å²) < 4.78 is 0. The van der Waals surface area contributed by atoms with Crippen molar-refractivity contribution in [2.75, 3.05) is 0 Å². The zero-order chi connectivity index (χ0) is 16.4. The molecule has 0 spiro atoms. The molecule has 0 aliphatic heterocycles. The molecular formula is C18H27NO4. The normalized spacial score (nSPS) is 46.4. The van der Waals surface area contributed by atoms with Gasteiger partial charge in [-0.2, -0.15) is 0 Å². The van der Waals surface area contributed by atoms with Crippen LogP contribution in [0.1, 0.15) is 51.4 Å². The minimum Gasteiger partial charge on any atom is -0.481 e. The fraction of sp³-hybridized carbons (Fsp3) is 0.889. The Morgan fingerprint density at radius 1 is 0.957 bits per heavy atom. The Morgan fingerprint density at radius 3 is 1.96 bits per heavy atom. The predicted octanol–water partition coefficient (Wildman–Crippen LogP) is 2.34. The van der Waals surface area contributed by atoms with Crippen LogP contribution in [0.4, 0.5) is 0 Å². The molecular weight excluding hydrogens is 294 g/mol. The van der Waals surface area contributed by atoms with Gasteiger partial charge in [-0.3, -0.25) is 9.59 Å². The van der Waals surface area contributed by atoms with E-state index in [0.29, 0.717) is 18.8 Å². The molecule has 0 aromatic carbocycles. The first-order valence-corrected chi connectivity index (χ1v) is 9.13. The van der Waals surface area contributed by atoms with E-state index in [0.717, 1.165) is 30.1 Å². The van der Waals surface area contributed by atoms with Crippen molar-refractivity contribution >= 4 is 11.9 Å². The van der Waals surface area contributed by atoms with Gasteiger partial charge in [0.05, 0.1) is 5.92 Å². The van der Waals surface area contributed by atoms with Gasteiger partial charge in [0.25, 0.3) is 0 Å². The SMILES string of the molecule is NC(CCC1C2CC3CC(C2)CC1C3)(C(=O)O)[C@H]1C[C@@H]1C(=O)O. The molecule has 5 aliphatic rings. The highest BCUT2D eigenvalue weighted by Gasteiger charge is 2.58. The predicted molar refractivity (Wildman–Crippen MR) is 83.6 cm³/mol. The highest BCUT2D eigenvalue weighted by Crippen LogP contribution is 2.58. The van der Waals surface area contributed by atoms with Gasteiger partial charge in [0, 0.05) is 5.92 Å². The standard InChI is InChI=1S/C18H27NO4/c19-18(17(22)23,15-8-14(15)16(20)21)2-1-13-11-4-9-3-10(6-11)7-12(13)5-9/h9-15H,1-8,19H2,(H,20,21)(H,22,23)/t9?,10?,11?,12?,13?,14-,15-,18?/m0/s1. The number of carbonyl (C=O) groups is 2. The molecule has 5 nitrogen and oxygen atoms in total. The molecule has 3 atom stereocenters. The lowest BCUT2D eigenvalue weighted by Gasteiger charge is -2.55. The molecule has 23 heavy (non-hydrogen) atoms. The molecule has 0 aromatic heterocycles. The Bertz CT molecular complexity index is 505. The Morgan fingerprint density at radius 2 is 1.52 bits per heavy atom. The van der Waals surface area contributed by atoms with Crippen LogP contribution in [0.2, 0.25) is 0 Å². The molecule has 0 saturated heterocycles. The van der Waals surface area contributed by atoms with Gasteiger partial charge in [-0.1, -0.05) is 0 Å². The highest BCUT2D eigenvalue weighted by atomic mass is 16.4. The average molecular weight is 321 g/mol. The van der Waals surface area contributed by atoms with Crippen molar-refractivity contribution in [2.45, 2.75) is 56.9 Å². The van der Waals surface area contributed by atoms with Gasteiger partial charge < -0.3 is 15.9 Å². The summed E-state index contributed by atoms with van der Waals surface area (Å²) in [5.74, 6) is 1.09. The molecule has 128 valence electrons. The van der Waals surface area contributed by atoms with E-state index >= 15 is 0 Å². The second kappa shape index (κ2) is 5.20. The zero-order valence-electron chi connectivity index (χ0n) is 13.5. The van der Waals surface area contributed by atoms with Crippen molar-refractivity contribution in [3.63, 3.8) is 0 Å². The van der Waals surface area contributed by atoms with E-state index in [1.807, 2.05) is 0 Å². The number of nitrogens with two attached hydrogens (primary N) is 1. The molecule has 0 heterocycles. The van der Waals surface area contributed by atoms with E-state index in [1.54, 1.807) is 0 Å². The van der Waals surface area contributed by atoms with Crippen LogP contribution in [0.5, 0.6) is 0 Å². The van der Waals surface area contributed by atoms with Crippen molar-refractivity contribution in [1.29, 1.82) is 0 Å². The summed E-state index contributed by atoms with van der Waals surface area (Å²) in [5, 5.41) is 18.7. The van der Waals surface area contributed by atoms with Gasteiger partial charge in [0.1, 0.15) is 5.54 Å². The molecule has 1 unspecified atom stereocenters. The van der Waals surface area contributed by atoms with Crippen LogP contribution >= 0.6 is 0 Å². The van der Waals surface area contributed by atoms with E-state index in [-0.39, 0.29) is 0 Å². The van der Waals surface area contributed by atoms with E-state index in [4.69, 9.17) is 10.8 Å². The molecule has 4 N–H and O–H groups in total. The summed E-state index contributed by atoms with van der Waals surface area (Å²) in [6, 6.07) is 0. The quantitative estimate of drug-likeness (QED) is 0.697. The van der Waals surface area contributed by atoms with Crippen LogP contribution in [0.15, 0.2) is 0 Å². The van der Waals surface area contributed by atoms with Crippen LogP contribution in [0.3, 0.4) is 0 Å². The number of hydrogen-bond acceptors (Lipinski definition) is 3. The van der Waals surface area contributed by atoms with Crippen molar-refractivity contribution < 1.29 is 19.8 Å². The van der Waals surface area contributed by atoms with Gasteiger partial charge in [0.2, 0.25) is 0 Å². The number of carboxylic acids is 2. The van der Waals surface area contributed by atoms with Crippen LogP contribution < -0.4 is 5.73 Å². The highest BCUT2D eigenvalue weighted by molar-refractivity contribution is 5.83. The average Bonchev–Trinajstić information content (AvgIpc) is 3.26. The van der Waals surface area contributed by atoms with E-state index in [9.17, 15) is 14.7 Å². The molecule has 0 amide bonds. The second-order valence-electron chi connectivity index (χ2n) is 8.77. The zero-order valence-corrected chi connectivity index (χ0v) is 13.5. The maximum Gasteiger partial charge on any atom is 0.323 e. The molecule has 0 radical (unpaired) electrons. The van der Waals surface area contributed by atoms with E-state index in [1.165, 1.54) is 32.1 Å². The second-order valence-corrected chi connectivity index (χ2v) is 8.77. The lowest BCUT2D eigenvalue weighted by atomic mass is 9.51. The minimum atomic E-state index is -1.35. The van der Waals surface area contributed by atoms with E-state index < -0.39 is 29.3 Å². The smallest absolute Gasteiger partial charge is 0.323 e. The van der Waals surface area contributed by atoms with Crippen molar-refractivity contribution in [3.8, 4) is 0 Å². The fourth-order valence-electron chi connectivity index (χ4n) is 6.40. The first-order chi connectivity index (χ1) is 10.9. The lowest BCUT2D eigenvalue weighted by Crippen LogP contribution is -2.52. The van der Waals surface area contributed by atoms with Crippen LogP contribution in [-0.4, -0.2) is 27.7 Å². The van der Waals surface area contributed by atoms with Crippen LogP contribution in [-0.2, 0) is 9.59 Å². The van der Waals surface area contributed by atoms with Gasteiger partial charge in [-0.15, -0.1) is 0 Å². The summed E-state index contributed by atoms with van der Waals surface area (Å²) >= 11 is 0. The molecule has 0 aromatic rings. The number of carboxylic acid groups (broad SMARTS) is 2. The Balaban J connectivity index is 1.43. The Labute approximate surface area is 136 Å². The molecule has 5 aliphatic carbocycles.